The molecule has 0 unspecified atom stereocenters. The molecule has 0 saturated heterocycles. The molecule has 6 aromatic rings. The van der Waals surface area contributed by atoms with Gasteiger partial charge in [0.1, 0.15) is 11.6 Å². The number of halogens is 2. The van der Waals surface area contributed by atoms with Crippen LogP contribution in [0.4, 0.5) is 0 Å². The molecule has 33 heavy (non-hydrogen) atoms. The normalized spacial score (nSPS) is 10.4. The maximum atomic E-state index is 4.67. The zero-order valence-corrected chi connectivity index (χ0v) is 19.5. The Morgan fingerprint density at radius 3 is 1.27 bits per heavy atom. The van der Waals surface area contributed by atoms with Crippen molar-refractivity contribution in [3.8, 4) is 22.8 Å². The van der Waals surface area contributed by atoms with Gasteiger partial charge in [0, 0.05) is 35.9 Å². The van der Waals surface area contributed by atoms with Gasteiger partial charge >= 0.3 is 33.3 Å². The van der Waals surface area contributed by atoms with Crippen molar-refractivity contribution in [2.75, 3.05) is 0 Å². The number of rotatable bonds is 2. The zero-order chi connectivity index (χ0) is 22.9. The first kappa shape index (κ1) is 23.0. The third-order valence-corrected chi connectivity index (χ3v) is 4.69. The van der Waals surface area contributed by atoms with Crippen LogP contribution >= 0.6 is 20.2 Å². The van der Waals surface area contributed by atoms with E-state index in [0.29, 0.717) is 0 Å². The van der Waals surface area contributed by atoms with Crippen molar-refractivity contribution >= 4 is 42.3 Å². The molecule has 4 aromatic heterocycles. The minimum absolute atomic E-state index is 0.757. The van der Waals surface area contributed by atoms with Crippen molar-refractivity contribution in [2.24, 2.45) is 0 Å². The van der Waals surface area contributed by atoms with E-state index < -0.39 is 0 Å². The van der Waals surface area contributed by atoms with Crippen LogP contribution in [-0.2, 0) is 13.1 Å². The Kier molecular flexibility index (Phi) is 8.06. The van der Waals surface area contributed by atoms with Gasteiger partial charge in [-0.25, -0.2) is 9.97 Å². The van der Waals surface area contributed by atoms with Crippen molar-refractivity contribution in [3.05, 3.63) is 97.6 Å². The number of aromatic amines is 2. The van der Waals surface area contributed by atoms with Crippen LogP contribution in [0.25, 0.3) is 44.8 Å². The van der Waals surface area contributed by atoms with Crippen LogP contribution in [-0.4, -0.2) is 29.9 Å². The third kappa shape index (κ3) is 5.97. The van der Waals surface area contributed by atoms with Crippen LogP contribution in [0, 0.1) is 0 Å². The van der Waals surface area contributed by atoms with Gasteiger partial charge in [0.05, 0.1) is 22.1 Å². The summed E-state index contributed by atoms with van der Waals surface area (Å²) in [7, 11) is 9.34. The number of nitrogens with one attached hydrogen (secondary N) is 2. The van der Waals surface area contributed by atoms with E-state index in [1.54, 1.807) is 24.8 Å². The van der Waals surface area contributed by atoms with Gasteiger partial charge < -0.3 is 9.97 Å². The van der Waals surface area contributed by atoms with E-state index in [1.165, 1.54) is 0 Å². The second-order valence-electron chi connectivity index (χ2n) is 6.72. The number of pyridine rings is 2. The minimum atomic E-state index is 0.757. The van der Waals surface area contributed by atoms with Gasteiger partial charge in [-0.2, -0.15) is 0 Å². The largest absolute Gasteiger partial charge is 0.338 e. The number of hydrogen-bond acceptors (Lipinski definition) is 4. The molecule has 0 atom stereocenters. The molecule has 6 nitrogen and oxygen atoms in total. The van der Waals surface area contributed by atoms with Gasteiger partial charge in [0.15, 0.2) is 0 Å². The Morgan fingerprint density at radius 2 is 0.909 bits per heavy atom. The van der Waals surface area contributed by atoms with Crippen molar-refractivity contribution < 1.29 is 13.1 Å². The Hall–Kier alpha value is -3.22. The predicted octanol–water partition coefficient (Wildman–Crippen LogP) is 6.63. The maximum Gasteiger partial charge on any atom is 0.138 e. The third-order valence-electron chi connectivity index (χ3n) is 4.69. The van der Waals surface area contributed by atoms with Crippen molar-refractivity contribution in [1.82, 2.24) is 29.9 Å². The molecule has 2 N–H and O–H groups in total. The van der Waals surface area contributed by atoms with Crippen molar-refractivity contribution in [1.29, 1.82) is 0 Å². The molecule has 9 heteroatoms. The fourth-order valence-electron chi connectivity index (χ4n) is 3.20. The molecule has 0 aliphatic heterocycles. The SMILES string of the molecule is [Cl][Cu][Cl].c1ccc2[nH]c(-c3ccncc3)nc2c1.c1ccc2[nH]c(-c3ccncc3)nc2c1. The van der Waals surface area contributed by atoms with E-state index >= 15 is 0 Å². The Labute approximate surface area is 205 Å². The number of fused-ring (bicyclic) bond motifs is 2. The second kappa shape index (κ2) is 11.6. The molecule has 0 amide bonds. The molecule has 4 heterocycles. The molecule has 2 aromatic carbocycles. The number of aromatic nitrogens is 6. The summed E-state index contributed by atoms with van der Waals surface area (Å²) in [6.45, 7) is 0. The maximum absolute atomic E-state index is 4.67. The van der Waals surface area contributed by atoms with Crippen molar-refractivity contribution in [2.45, 2.75) is 0 Å². The molecule has 0 aliphatic carbocycles. The van der Waals surface area contributed by atoms with E-state index in [0.717, 1.165) is 58.0 Å². The first-order valence-corrected chi connectivity index (χ1v) is 12.4. The Morgan fingerprint density at radius 1 is 0.545 bits per heavy atom. The topological polar surface area (TPSA) is 83.1 Å². The minimum Gasteiger partial charge on any atom is -0.338 e. The summed E-state index contributed by atoms with van der Waals surface area (Å²) in [4.78, 5) is 23.5. The molecular weight excluding hydrogens is 507 g/mol. The van der Waals surface area contributed by atoms with Gasteiger partial charge in [0.25, 0.3) is 0 Å². The molecule has 0 radical (unpaired) electrons. The molecule has 0 spiro atoms. The fourth-order valence-corrected chi connectivity index (χ4v) is 3.20. The van der Waals surface area contributed by atoms with Crippen LogP contribution < -0.4 is 0 Å². The van der Waals surface area contributed by atoms with Crippen LogP contribution in [0.3, 0.4) is 0 Å². The van der Waals surface area contributed by atoms with E-state index in [-0.39, 0.29) is 0 Å². The summed E-state index contributed by atoms with van der Waals surface area (Å²) in [6, 6.07) is 23.8. The molecule has 6 rings (SSSR count). The Bertz CT molecular complexity index is 1240. The van der Waals surface area contributed by atoms with Crippen LogP contribution in [0.15, 0.2) is 97.6 Å². The van der Waals surface area contributed by atoms with Gasteiger partial charge in [0.2, 0.25) is 0 Å². The van der Waals surface area contributed by atoms with E-state index in [2.05, 4.69) is 50.1 Å². The van der Waals surface area contributed by atoms with Gasteiger partial charge in [-0.05, 0) is 48.5 Å². The number of benzene rings is 2. The summed E-state index contributed by atoms with van der Waals surface area (Å²) >= 11 is 0.757. The van der Waals surface area contributed by atoms with Crippen molar-refractivity contribution in [3.63, 3.8) is 0 Å². The van der Waals surface area contributed by atoms with Crippen LogP contribution in [0.1, 0.15) is 0 Å². The van der Waals surface area contributed by atoms with E-state index in [1.807, 2.05) is 72.8 Å². The molecule has 0 aliphatic rings. The zero-order valence-electron chi connectivity index (χ0n) is 17.1. The van der Waals surface area contributed by atoms with Gasteiger partial charge in [-0.15, -0.1) is 0 Å². The Balaban J connectivity index is 0.000000141. The van der Waals surface area contributed by atoms with Crippen LogP contribution in [0.2, 0.25) is 0 Å². The summed E-state index contributed by atoms with van der Waals surface area (Å²) in [5.41, 5.74) is 6.21. The molecule has 169 valence electrons. The standard InChI is InChI=1S/2C12H9N3.2ClH.Cu/c2*1-2-4-11-10(3-1)14-12(15-11)9-5-7-13-8-6-9;;;/h2*1-8H,(H,14,15);2*1H;/q;;;;+2/p-2. The number of hydrogen-bond donors (Lipinski definition) is 2. The molecule has 0 bridgehead atoms. The van der Waals surface area contributed by atoms with Gasteiger partial charge in [-0.3, -0.25) is 9.97 Å². The average molecular weight is 525 g/mol. The number of nitrogens with zero attached hydrogens (tertiary/aromatic N) is 4. The number of para-hydroxylation sites is 4. The van der Waals surface area contributed by atoms with E-state index in [4.69, 9.17) is 0 Å². The predicted molar refractivity (Wildman–Crippen MR) is 130 cm³/mol. The fraction of sp³-hybridized carbons (Fsp3) is 0. The number of H-pyrrole nitrogens is 2. The summed E-state index contributed by atoms with van der Waals surface area (Å²) in [5, 5.41) is 0. The summed E-state index contributed by atoms with van der Waals surface area (Å²) < 4.78 is 0. The first-order chi connectivity index (χ1) is 16.3. The molecular formula is C24H18Cl2CuN6. The van der Waals surface area contributed by atoms with Gasteiger partial charge in [-0.1, -0.05) is 24.3 Å². The molecule has 0 saturated carbocycles. The first-order valence-electron chi connectivity index (χ1n) is 9.80. The number of imidazole rings is 2. The second-order valence-corrected chi connectivity index (χ2v) is 8.28. The molecule has 0 fully saturated rings. The monoisotopic (exact) mass is 523 g/mol. The summed E-state index contributed by atoms with van der Waals surface area (Å²) in [6.07, 6.45) is 7.07. The quantitative estimate of drug-likeness (QED) is 0.249. The average Bonchev–Trinajstić information content (AvgIpc) is 3.51. The van der Waals surface area contributed by atoms with E-state index in [9.17, 15) is 0 Å². The summed E-state index contributed by atoms with van der Waals surface area (Å²) in [5.74, 6) is 1.78. The van der Waals surface area contributed by atoms with Crippen LogP contribution in [0.5, 0.6) is 0 Å². The smallest absolute Gasteiger partial charge is 0.138 e.